The third-order valence-electron chi connectivity index (χ3n) is 4.37. The van der Waals surface area contributed by atoms with E-state index >= 15 is 0 Å². The van der Waals surface area contributed by atoms with Gasteiger partial charge in [0.1, 0.15) is 11.8 Å². The summed E-state index contributed by atoms with van der Waals surface area (Å²) < 4.78 is 5.21. The van der Waals surface area contributed by atoms with Crippen LogP contribution in [0.4, 0.5) is 5.69 Å². The van der Waals surface area contributed by atoms with Crippen molar-refractivity contribution >= 4 is 29.3 Å². The van der Waals surface area contributed by atoms with Gasteiger partial charge in [0.15, 0.2) is 6.61 Å². The van der Waals surface area contributed by atoms with E-state index in [4.69, 9.17) is 21.6 Å². The molecular formula is C21H20ClN3O2. The third kappa shape index (κ3) is 5.25. The molecule has 1 aliphatic heterocycles. The Kier molecular flexibility index (Phi) is 6.35. The Morgan fingerprint density at radius 1 is 1.15 bits per heavy atom. The lowest BCUT2D eigenvalue weighted by Crippen LogP contribution is -2.48. The molecule has 0 radical (unpaired) electrons. The molecule has 1 heterocycles. The topological polar surface area (TPSA) is 56.6 Å². The number of halogens is 1. The number of nitriles is 1. The summed E-state index contributed by atoms with van der Waals surface area (Å²) in [4.78, 5) is 16.5. The van der Waals surface area contributed by atoms with Gasteiger partial charge in [-0.15, -0.1) is 0 Å². The normalized spacial score (nSPS) is 14.2. The molecule has 0 aliphatic carbocycles. The van der Waals surface area contributed by atoms with E-state index in [-0.39, 0.29) is 12.5 Å². The first-order valence-corrected chi connectivity index (χ1v) is 9.11. The number of nitrogens with zero attached hydrogens (tertiary/aromatic N) is 3. The molecule has 2 aromatic rings. The highest BCUT2D eigenvalue weighted by Crippen LogP contribution is 2.21. The first-order chi connectivity index (χ1) is 13.2. The first-order valence-electron chi connectivity index (χ1n) is 8.73. The molecule has 3 rings (SSSR count). The molecule has 1 aliphatic rings. The highest BCUT2D eigenvalue weighted by molar-refractivity contribution is 6.30. The number of benzene rings is 2. The van der Waals surface area contributed by atoms with Crippen molar-refractivity contribution in [3.05, 3.63) is 65.2 Å². The Labute approximate surface area is 164 Å². The Balaban J connectivity index is 1.52. The summed E-state index contributed by atoms with van der Waals surface area (Å²) in [6.45, 7) is 2.94. The molecule has 138 valence electrons. The lowest BCUT2D eigenvalue weighted by molar-refractivity contribution is -0.126. The molecule has 5 nitrogen and oxygen atoms in total. The zero-order valence-corrected chi connectivity index (χ0v) is 15.6. The molecule has 6 heteroatoms. The van der Waals surface area contributed by atoms with Gasteiger partial charge in [-0.2, -0.15) is 5.26 Å². The van der Waals surface area contributed by atoms with Gasteiger partial charge < -0.3 is 14.5 Å². The summed E-state index contributed by atoms with van der Waals surface area (Å²) >= 11 is 6.05. The fourth-order valence-electron chi connectivity index (χ4n) is 2.92. The average Bonchev–Trinajstić information content (AvgIpc) is 2.71. The largest absolute Gasteiger partial charge is 0.479 e. The van der Waals surface area contributed by atoms with Crippen LogP contribution in [-0.4, -0.2) is 43.6 Å². The molecule has 1 amide bonds. The monoisotopic (exact) mass is 381 g/mol. The van der Waals surface area contributed by atoms with E-state index in [1.807, 2.05) is 47.4 Å². The number of amides is 1. The SMILES string of the molecule is N#CCOc1ccc(C=CC(=O)N2CCN(c3cccc(Cl)c3)CC2)cc1. The second kappa shape index (κ2) is 9.11. The van der Waals surface area contributed by atoms with Gasteiger partial charge in [0, 0.05) is 43.0 Å². The quantitative estimate of drug-likeness (QED) is 0.742. The summed E-state index contributed by atoms with van der Waals surface area (Å²) in [7, 11) is 0. The van der Waals surface area contributed by atoms with E-state index in [1.165, 1.54) is 0 Å². The molecule has 0 unspecified atom stereocenters. The van der Waals surface area contributed by atoms with Crippen molar-refractivity contribution in [3.63, 3.8) is 0 Å². The van der Waals surface area contributed by atoms with Crippen molar-refractivity contribution in [1.29, 1.82) is 5.26 Å². The van der Waals surface area contributed by atoms with E-state index < -0.39 is 0 Å². The lowest BCUT2D eigenvalue weighted by Gasteiger charge is -2.35. The highest BCUT2D eigenvalue weighted by Gasteiger charge is 2.19. The lowest BCUT2D eigenvalue weighted by atomic mass is 10.2. The molecule has 0 spiro atoms. The maximum Gasteiger partial charge on any atom is 0.246 e. The summed E-state index contributed by atoms with van der Waals surface area (Å²) in [5, 5.41) is 9.23. The Morgan fingerprint density at radius 2 is 1.89 bits per heavy atom. The van der Waals surface area contributed by atoms with E-state index in [2.05, 4.69) is 4.90 Å². The number of hydrogen-bond donors (Lipinski definition) is 0. The molecule has 0 bridgehead atoms. The third-order valence-corrected chi connectivity index (χ3v) is 4.60. The van der Waals surface area contributed by atoms with Crippen LogP contribution in [0.2, 0.25) is 5.02 Å². The van der Waals surface area contributed by atoms with Gasteiger partial charge in [0.25, 0.3) is 0 Å². The van der Waals surface area contributed by atoms with Crippen molar-refractivity contribution in [3.8, 4) is 11.8 Å². The van der Waals surface area contributed by atoms with Crippen LogP contribution in [0.25, 0.3) is 6.08 Å². The van der Waals surface area contributed by atoms with Gasteiger partial charge in [-0.3, -0.25) is 4.79 Å². The highest BCUT2D eigenvalue weighted by atomic mass is 35.5. The Hall–Kier alpha value is -2.97. The molecule has 2 aromatic carbocycles. The van der Waals surface area contributed by atoms with Crippen LogP contribution in [-0.2, 0) is 4.79 Å². The predicted octanol–water partition coefficient (Wildman–Crippen LogP) is 3.60. The summed E-state index contributed by atoms with van der Waals surface area (Å²) in [5.41, 5.74) is 1.99. The van der Waals surface area contributed by atoms with Gasteiger partial charge in [-0.05, 0) is 42.0 Å². The number of hydrogen-bond acceptors (Lipinski definition) is 4. The second-order valence-corrected chi connectivity index (χ2v) is 6.58. The van der Waals surface area contributed by atoms with E-state index in [0.29, 0.717) is 18.8 Å². The molecule has 1 fully saturated rings. The zero-order chi connectivity index (χ0) is 19.1. The van der Waals surface area contributed by atoms with E-state index in [9.17, 15) is 4.79 Å². The predicted molar refractivity (Wildman–Crippen MR) is 107 cm³/mol. The van der Waals surface area contributed by atoms with Crippen LogP contribution >= 0.6 is 11.6 Å². The Morgan fingerprint density at radius 3 is 2.56 bits per heavy atom. The van der Waals surface area contributed by atoms with Crippen molar-refractivity contribution in [2.75, 3.05) is 37.7 Å². The van der Waals surface area contributed by atoms with Crippen LogP contribution in [0.5, 0.6) is 5.75 Å². The first kappa shape index (κ1) is 18.8. The van der Waals surface area contributed by atoms with E-state index in [0.717, 1.165) is 29.4 Å². The number of carbonyl (C=O) groups is 1. The number of rotatable bonds is 5. The van der Waals surface area contributed by atoms with Crippen LogP contribution in [0.1, 0.15) is 5.56 Å². The fraction of sp³-hybridized carbons (Fsp3) is 0.238. The molecule has 0 atom stereocenters. The van der Waals surface area contributed by atoms with Gasteiger partial charge in [0.05, 0.1) is 0 Å². The maximum atomic E-state index is 12.4. The Bertz CT molecular complexity index is 850. The van der Waals surface area contributed by atoms with Crippen LogP contribution in [0, 0.1) is 11.3 Å². The fourth-order valence-corrected chi connectivity index (χ4v) is 3.11. The number of piperazine rings is 1. The van der Waals surface area contributed by atoms with Crippen molar-refractivity contribution in [2.45, 2.75) is 0 Å². The molecule has 0 aromatic heterocycles. The van der Waals surface area contributed by atoms with Gasteiger partial charge in [0.2, 0.25) is 5.91 Å². The van der Waals surface area contributed by atoms with Gasteiger partial charge in [-0.1, -0.05) is 29.8 Å². The van der Waals surface area contributed by atoms with Crippen LogP contribution in [0.3, 0.4) is 0 Å². The summed E-state index contributed by atoms with van der Waals surface area (Å²) in [5.74, 6) is 0.641. The second-order valence-electron chi connectivity index (χ2n) is 6.14. The molecule has 0 N–H and O–H groups in total. The van der Waals surface area contributed by atoms with Crippen LogP contribution in [0.15, 0.2) is 54.6 Å². The minimum atomic E-state index is 0.00514. The minimum Gasteiger partial charge on any atom is -0.479 e. The molecule has 1 saturated heterocycles. The van der Waals surface area contributed by atoms with Crippen LogP contribution < -0.4 is 9.64 Å². The average molecular weight is 382 g/mol. The zero-order valence-electron chi connectivity index (χ0n) is 14.8. The maximum absolute atomic E-state index is 12.4. The summed E-state index contributed by atoms with van der Waals surface area (Å²) in [6, 6.07) is 17.0. The minimum absolute atomic E-state index is 0.00514. The van der Waals surface area contributed by atoms with Crippen molar-refractivity contribution in [1.82, 2.24) is 4.90 Å². The number of anilines is 1. The van der Waals surface area contributed by atoms with Gasteiger partial charge in [-0.25, -0.2) is 0 Å². The molecular weight excluding hydrogens is 362 g/mol. The summed E-state index contributed by atoms with van der Waals surface area (Å²) in [6.07, 6.45) is 3.39. The van der Waals surface area contributed by atoms with Gasteiger partial charge >= 0.3 is 0 Å². The van der Waals surface area contributed by atoms with E-state index in [1.54, 1.807) is 24.3 Å². The standard InChI is InChI=1S/C21H20ClN3O2/c22-18-2-1-3-19(16-18)24-11-13-25(14-12-24)21(26)9-6-17-4-7-20(8-5-17)27-15-10-23/h1-9,16H,11-15H2. The molecule has 0 saturated carbocycles. The smallest absolute Gasteiger partial charge is 0.246 e. The van der Waals surface area contributed by atoms with Crippen molar-refractivity contribution < 1.29 is 9.53 Å². The van der Waals surface area contributed by atoms with Crippen molar-refractivity contribution in [2.24, 2.45) is 0 Å². The number of ether oxygens (including phenoxy) is 1. The molecule has 27 heavy (non-hydrogen) atoms. The number of carbonyl (C=O) groups excluding carboxylic acids is 1.